The van der Waals surface area contributed by atoms with Crippen LogP contribution in [0, 0.1) is 5.92 Å². The molecule has 1 aliphatic heterocycles. The van der Waals surface area contributed by atoms with Crippen molar-refractivity contribution in [3.63, 3.8) is 0 Å². The van der Waals surface area contributed by atoms with Gasteiger partial charge in [0.2, 0.25) is 0 Å². The van der Waals surface area contributed by atoms with Crippen LogP contribution in [0.25, 0.3) is 0 Å². The Hall–Kier alpha value is 0.400. The number of alkyl halides is 1. The minimum atomic E-state index is 0.0541. The Morgan fingerprint density at radius 1 is 1.29 bits per heavy atom. The predicted octanol–water partition coefficient (Wildman–Crippen LogP) is 3.92. The number of ether oxygens (including phenoxy) is 2. The Labute approximate surface area is 114 Å². The molecule has 3 heteroatoms. The fourth-order valence-electron chi connectivity index (χ4n) is 3.10. The first kappa shape index (κ1) is 13.8. The number of hydrogen-bond donors (Lipinski definition) is 0. The molecule has 2 unspecified atom stereocenters. The predicted molar refractivity (Wildman–Crippen MR) is 73.7 cm³/mol. The molecule has 0 aromatic heterocycles. The van der Waals surface area contributed by atoms with Crippen LogP contribution in [0.2, 0.25) is 0 Å². The third-order valence-electron chi connectivity index (χ3n) is 4.38. The summed E-state index contributed by atoms with van der Waals surface area (Å²) in [5, 5.41) is 0.955. The van der Waals surface area contributed by atoms with Crippen LogP contribution in [-0.2, 0) is 9.47 Å². The van der Waals surface area contributed by atoms with Crippen LogP contribution in [-0.4, -0.2) is 30.2 Å². The van der Waals surface area contributed by atoms with Crippen molar-refractivity contribution in [1.29, 1.82) is 0 Å². The zero-order chi connectivity index (χ0) is 12.1. The molecule has 0 radical (unpaired) electrons. The second kappa shape index (κ2) is 6.53. The molecule has 2 nitrogen and oxygen atoms in total. The maximum absolute atomic E-state index is 6.47. The van der Waals surface area contributed by atoms with Crippen molar-refractivity contribution in [1.82, 2.24) is 0 Å². The second-order valence-electron chi connectivity index (χ2n) is 5.61. The van der Waals surface area contributed by atoms with Crippen LogP contribution in [0.15, 0.2) is 0 Å². The third kappa shape index (κ3) is 3.68. The summed E-state index contributed by atoms with van der Waals surface area (Å²) in [6, 6.07) is 0. The average Bonchev–Trinajstić information content (AvgIpc) is 2.40. The molecule has 2 rings (SSSR count). The fraction of sp³-hybridized carbons (Fsp3) is 1.00. The quantitative estimate of drug-likeness (QED) is 0.733. The highest BCUT2D eigenvalue weighted by Crippen LogP contribution is 2.35. The van der Waals surface area contributed by atoms with Gasteiger partial charge in [-0.15, -0.1) is 0 Å². The van der Waals surface area contributed by atoms with Gasteiger partial charge in [0.1, 0.15) is 0 Å². The molecule has 0 N–H and O–H groups in total. The topological polar surface area (TPSA) is 18.5 Å². The Bertz CT molecular complexity index is 226. The highest BCUT2D eigenvalue weighted by molar-refractivity contribution is 9.09. The molecule has 0 spiro atoms. The largest absolute Gasteiger partial charge is 0.381 e. The van der Waals surface area contributed by atoms with Crippen LogP contribution >= 0.6 is 15.9 Å². The average molecular weight is 305 g/mol. The van der Waals surface area contributed by atoms with Gasteiger partial charge in [-0.25, -0.2) is 0 Å². The first-order chi connectivity index (χ1) is 8.28. The zero-order valence-corrected chi connectivity index (χ0v) is 12.5. The van der Waals surface area contributed by atoms with E-state index in [2.05, 4.69) is 22.9 Å². The summed E-state index contributed by atoms with van der Waals surface area (Å²) in [4.78, 5) is 0. The summed E-state index contributed by atoms with van der Waals surface area (Å²) < 4.78 is 11.9. The lowest BCUT2D eigenvalue weighted by atomic mass is 9.85. The van der Waals surface area contributed by atoms with Crippen molar-refractivity contribution in [3.8, 4) is 0 Å². The molecular weight excluding hydrogens is 280 g/mol. The number of hydrogen-bond acceptors (Lipinski definition) is 2. The molecule has 1 saturated heterocycles. The van der Waals surface area contributed by atoms with Gasteiger partial charge in [0.25, 0.3) is 0 Å². The molecule has 2 aliphatic rings. The van der Waals surface area contributed by atoms with Crippen LogP contribution in [0.4, 0.5) is 0 Å². The minimum absolute atomic E-state index is 0.0541. The molecule has 0 bridgehead atoms. The van der Waals surface area contributed by atoms with Crippen molar-refractivity contribution in [2.75, 3.05) is 18.5 Å². The van der Waals surface area contributed by atoms with Crippen LogP contribution < -0.4 is 0 Å². The molecule has 1 heterocycles. The van der Waals surface area contributed by atoms with E-state index in [1.165, 1.54) is 32.1 Å². The molecule has 0 aromatic carbocycles. The molecule has 100 valence electrons. The smallest absolute Gasteiger partial charge is 0.0826 e. The monoisotopic (exact) mass is 304 g/mol. The van der Waals surface area contributed by atoms with Crippen molar-refractivity contribution in [3.05, 3.63) is 0 Å². The molecule has 0 aromatic rings. The lowest BCUT2D eigenvalue weighted by Gasteiger charge is -2.41. The van der Waals surface area contributed by atoms with Gasteiger partial charge in [0.05, 0.1) is 11.7 Å². The highest BCUT2D eigenvalue weighted by atomic mass is 79.9. The number of rotatable bonds is 4. The second-order valence-corrected chi connectivity index (χ2v) is 6.17. The van der Waals surface area contributed by atoms with E-state index in [0.29, 0.717) is 6.10 Å². The van der Waals surface area contributed by atoms with E-state index in [-0.39, 0.29) is 5.60 Å². The lowest BCUT2D eigenvalue weighted by molar-refractivity contribution is -0.141. The Kier molecular flexibility index (Phi) is 5.31. The van der Waals surface area contributed by atoms with E-state index in [1.807, 2.05) is 0 Å². The fourth-order valence-corrected chi connectivity index (χ4v) is 3.79. The van der Waals surface area contributed by atoms with Crippen LogP contribution in [0.5, 0.6) is 0 Å². The van der Waals surface area contributed by atoms with Crippen molar-refractivity contribution in [2.45, 2.75) is 63.6 Å². The molecule has 17 heavy (non-hydrogen) atoms. The summed E-state index contributed by atoms with van der Waals surface area (Å²) in [6.45, 7) is 4.02. The highest BCUT2D eigenvalue weighted by Gasteiger charge is 2.36. The van der Waals surface area contributed by atoms with Crippen molar-refractivity contribution >= 4 is 15.9 Å². The van der Waals surface area contributed by atoms with Gasteiger partial charge in [-0.05, 0) is 18.8 Å². The Balaban J connectivity index is 1.88. The standard InChI is InChI=1S/C14H25BrO2/c1-2-12-4-3-5-13(10-12)17-14(11-15)6-8-16-9-7-14/h12-13H,2-11H2,1H3. The molecule has 1 saturated carbocycles. The molecular formula is C14H25BrO2. The van der Waals surface area contributed by atoms with E-state index in [4.69, 9.17) is 9.47 Å². The Morgan fingerprint density at radius 3 is 2.71 bits per heavy atom. The van der Waals surface area contributed by atoms with Crippen LogP contribution in [0.1, 0.15) is 51.9 Å². The molecule has 2 fully saturated rings. The van der Waals surface area contributed by atoms with E-state index in [0.717, 1.165) is 37.3 Å². The Morgan fingerprint density at radius 2 is 2.06 bits per heavy atom. The summed E-state index contributed by atoms with van der Waals surface area (Å²) >= 11 is 3.65. The van der Waals surface area contributed by atoms with E-state index in [9.17, 15) is 0 Å². The lowest BCUT2D eigenvalue weighted by Crippen LogP contribution is -2.44. The van der Waals surface area contributed by atoms with Gasteiger partial charge in [-0.1, -0.05) is 42.1 Å². The maximum Gasteiger partial charge on any atom is 0.0826 e. The van der Waals surface area contributed by atoms with E-state index in [1.54, 1.807) is 0 Å². The SMILES string of the molecule is CCC1CCCC(OC2(CBr)CCOCC2)C1. The van der Waals surface area contributed by atoms with Gasteiger partial charge in [0.15, 0.2) is 0 Å². The summed E-state index contributed by atoms with van der Waals surface area (Å²) in [5.41, 5.74) is 0.0541. The van der Waals surface area contributed by atoms with E-state index < -0.39 is 0 Å². The van der Waals surface area contributed by atoms with Gasteiger partial charge >= 0.3 is 0 Å². The van der Waals surface area contributed by atoms with Crippen molar-refractivity contribution in [2.24, 2.45) is 5.92 Å². The number of halogens is 1. The third-order valence-corrected chi connectivity index (χ3v) is 5.40. The summed E-state index contributed by atoms with van der Waals surface area (Å²) in [7, 11) is 0. The minimum Gasteiger partial charge on any atom is -0.381 e. The van der Waals surface area contributed by atoms with Gasteiger partial charge in [-0.2, -0.15) is 0 Å². The van der Waals surface area contributed by atoms with Gasteiger partial charge in [-0.3, -0.25) is 0 Å². The first-order valence-electron chi connectivity index (χ1n) is 7.09. The van der Waals surface area contributed by atoms with Gasteiger partial charge < -0.3 is 9.47 Å². The molecule has 2 atom stereocenters. The summed E-state index contributed by atoms with van der Waals surface area (Å²) in [6.07, 6.45) is 9.17. The van der Waals surface area contributed by atoms with E-state index >= 15 is 0 Å². The molecule has 0 amide bonds. The summed E-state index contributed by atoms with van der Waals surface area (Å²) in [5.74, 6) is 0.890. The van der Waals surface area contributed by atoms with Crippen LogP contribution in [0.3, 0.4) is 0 Å². The van der Waals surface area contributed by atoms with Gasteiger partial charge in [0, 0.05) is 31.4 Å². The van der Waals surface area contributed by atoms with Crippen molar-refractivity contribution < 1.29 is 9.47 Å². The maximum atomic E-state index is 6.47. The first-order valence-corrected chi connectivity index (χ1v) is 8.21. The molecule has 1 aliphatic carbocycles. The normalized spacial score (nSPS) is 33.5. The zero-order valence-electron chi connectivity index (χ0n) is 10.9.